The third-order valence-electron chi connectivity index (χ3n) is 7.70. The van der Waals surface area contributed by atoms with Gasteiger partial charge < -0.3 is 9.47 Å². The van der Waals surface area contributed by atoms with Crippen LogP contribution in [0.1, 0.15) is 40.0 Å². The smallest absolute Gasteiger partial charge is 0.338 e. The van der Waals surface area contributed by atoms with Gasteiger partial charge in [-0.25, -0.2) is 9.59 Å². The number of rotatable bonds is 0. The van der Waals surface area contributed by atoms with Crippen LogP contribution in [-0.4, -0.2) is 25.2 Å². The summed E-state index contributed by atoms with van der Waals surface area (Å²) in [6.07, 6.45) is 2.24. The van der Waals surface area contributed by atoms with E-state index in [4.69, 9.17) is 9.47 Å². The zero-order valence-electron chi connectivity index (χ0n) is 21.4. The Morgan fingerprint density at radius 1 is 0.436 bits per heavy atom. The highest BCUT2D eigenvalue weighted by Crippen LogP contribution is 2.44. The van der Waals surface area contributed by atoms with Crippen molar-refractivity contribution in [3.8, 4) is 11.1 Å². The van der Waals surface area contributed by atoms with Crippen LogP contribution in [0.15, 0.2) is 97.1 Å². The molecule has 0 aliphatic carbocycles. The predicted molar refractivity (Wildman–Crippen MR) is 156 cm³/mol. The molecule has 0 radical (unpaired) electrons. The molecule has 1 aliphatic rings. The minimum Gasteiger partial charge on any atom is -0.462 e. The molecule has 39 heavy (non-hydrogen) atoms. The molecule has 0 fully saturated rings. The van der Waals surface area contributed by atoms with Crippen molar-refractivity contribution < 1.29 is 19.1 Å². The number of hydrogen-bond acceptors (Lipinski definition) is 4. The molecular weight excluding hydrogens is 484 g/mol. The molecular formula is C35H26O4. The third kappa shape index (κ3) is 4.09. The second kappa shape index (κ2) is 9.55. The van der Waals surface area contributed by atoms with Gasteiger partial charge in [0, 0.05) is 0 Å². The second-order valence-electron chi connectivity index (χ2n) is 10.1. The van der Waals surface area contributed by atoms with Crippen molar-refractivity contribution in [2.45, 2.75) is 19.3 Å². The summed E-state index contributed by atoms with van der Waals surface area (Å²) in [6, 6.07) is 32.6. The molecule has 6 aromatic rings. The van der Waals surface area contributed by atoms with Gasteiger partial charge in [-0.05, 0) is 110 Å². The van der Waals surface area contributed by atoms with Crippen LogP contribution in [-0.2, 0) is 9.47 Å². The molecule has 7 rings (SSSR count). The topological polar surface area (TPSA) is 52.6 Å². The van der Waals surface area contributed by atoms with Crippen LogP contribution >= 0.6 is 0 Å². The Morgan fingerprint density at radius 2 is 0.872 bits per heavy atom. The Kier molecular flexibility index (Phi) is 5.74. The SMILES string of the molecule is O=C1OCCCCCOC(=O)c2ccc3cc4ccccc4c(c3c2)-c2c3ccccc3cc3ccc1cc23. The van der Waals surface area contributed by atoms with Gasteiger partial charge in [0.15, 0.2) is 0 Å². The van der Waals surface area contributed by atoms with E-state index >= 15 is 0 Å². The van der Waals surface area contributed by atoms with E-state index in [-0.39, 0.29) is 11.9 Å². The van der Waals surface area contributed by atoms with Crippen LogP contribution in [0.25, 0.3) is 54.2 Å². The first kappa shape index (κ1) is 23.4. The summed E-state index contributed by atoms with van der Waals surface area (Å²) in [5.41, 5.74) is 3.14. The number of ether oxygens (including phenoxy) is 2. The second-order valence-corrected chi connectivity index (χ2v) is 10.1. The summed E-state index contributed by atoms with van der Waals surface area (Å²) < 4.78 is 11.2. The van der Waals surface area contributed by atoms with Gasteiger partial charge >= 0.3 is 11.9 Å². The number of carbonyl (C=O) groups is 2. The molecule has 1 heterocycles. The summed E-state index contributed by atoms with van der Waals surface area (Å²) in [5.74, 6) is -0.645. The van der Waals surface area contributed by atoms with Gasteiger partial charge in [0.05, 0.1) is 24.3 Å². The number of hydrogen-bond donors (Lipinski definition) is 0. The van der Waals surface area contributed by atoms with Crippen LogP contribution in [0.2, 0.25) is 0 Å². The number of esters is 2. The highest BCUT2D eigenvalue weighted by atomic mass is 16.5. The Bertz CT molecular complexity index is 1790. The molecule has 1 aliphatic heterocycles. The van der Waals surface area contributed by atoms with E-state index < -0.39 is 0 Å². The number of carbonyl (C=O) groups excluding carboxylic acids is 2. The Labute approximate surface area is 225 Å². The quantitative estimate of drug-likeness (QED) is 0.152. The third-order valence-corrected chi connectivity index (χ3v) is 7.70. The Hall–Kier alpha value is -4.70. The van der Waals surface area contributed by atoms with E-state index in [9.17, 15) is 9.59 Å². The van der Waals surface area contributed by atoms with Gasteiger partial charge in [-0.15, -0.1) is 0 Å². The van der Waals surface area contributed by atoms with Gasteiger partial charge in [-0.1, -0.05) is 60.7 Å². The molecule has 0 atom stereocenters. The first-order valence-corrected chi connectivity index (χ1v) is 13.4. The first-order valence-electron chi connectivity index (χ1n) is 13.4. The minimum absolute atomic E-state index is 0.322. The summed E-state index contributed by atoms with van der Waals surface area (Å²) in [6.45, 7) is 0.667. The lowest BCUT2D eigenvalue weighted by molar-refractivity contribution is 0.0478. The monoisotopic (exact) mass is 510 g/mol. The maximum absolute atomic E-state index is 13.1. The minimum atomic E-state index is -0.322. The van der Waals surface area contributed by atoms with Crippen LogP contribution in [0.4, 0.5) is 0 Å². The number of benzene rings is 6. The number of fused-ring (bicyclic) bond motifs is 7. The van der Waals surface area contributed by atoms with Crippen molar-refractivity contribution in [1.29, 1.82) is 0 Å². The van der Waals surface area contributed by atoms with E-state index in [0.717, 1.165) is 73.5 Å². The molecule has 4 nitrogen and oxygen atoms in total. The average Bonchev–Trinajstić information content (AvgIpc) is 2.97. The van der Waals surface area contributed by atoms with Crippen molar-refractivity contribution in [1.82, 2.24) is 0 Å². The molecule has 0 saturated heterocycles. The van der Waals surface area contributed by atoms with Crippen molar-refractivity contribution >= 4 is 55.0 Å². The zero-order valence-corrected chi connectivity index (χ0v) is 21.4. The van der Waals surface area contributed by atoms with Gasteiger partial charge in [0.1, 0.15) is 0 Å². The molecule has 0 unspecified atom stereocenters. The summed E-state index contributed by atoms with van der Waals surface area (Å²) >= 11 is 0. The molecule has 6 aromatic carbocycles. The van der Waals surface area contributed by atoms with Gasteiger partial charge in [-0.3, -0.25) is 0 Å². The summed E-state index contributed by atoms with van der Waals surface area (Å²) in [5, 5.41) is 8.40. The molecule has 4 bridgehead atoms. The van der Waals surface area contributed by atoms with Crippen molar-refractivity contribution in [3.63, 3.8) is 0 Å². The lowest BCUT2D eigenvalue weighted by Crippen LogP contribution is -2.08. The van der Waals surface area contributed by atoms with Gasteiger partial charge in [-0.2, -0.15) is 0 Å². The first-order chi connectivity index (χ1) is 19.2. The van der Waals surface area contributed by atoms with Crippen LogP contribution < -0.4 is 0 Å². The Morgan fingerprint density at radius 3 is 1.36 bits per heavy atom. The molecule has 4 heteroatoms. The van der Waals surface area contributed by atoms with Crippen molar-refractivity contribution in [2.24, 2.45) is 0 Å². The standard InChI is InChI=1S/C35H26O4/c36-34-26-14-12-24-18-22-8-2-4-10-28(22)32(30(24)20-26)33-29-11-5-3-9-23(29)19-25-13-15-27(21-31(25)33)35(37)39-17-7-1-6-16-38-34/h2-5,8-15,18-21H,1,6-7,16-17H2. The summed E-state index contributed by atoms with van der Waals surface area (Å²) in [7, 11) is 0. The van der Waals surface area contributed by atoms with E-state index in [1.54, 1.807) is 0 Å². The maximum Gasteiger partial charge on any atom is 0.338 e. The van der Waals surface area contributed by atoms with E-state index in [2.05, 4.69) is 36.4 Å². The fraction of sp³-hybridized carbons (Fsp3) is 0.143. The average molecular weight is 511 g/mol. The van der Waals surface area contributed by atoms with E-state index in [1.807, 2.05) is 60.7 Å². The fourth-order valence-electron chi connectivity index (χ4n) is 5.79. The molecule has 0 aromatic heterocycles. The Balaban J connectivity index is 1.65. The van der Waals surface area contributed by atoms with Crippen LogP contribution in [0, 0.1) is 0 Å². The predicted octanol–water partition coefficient (Wildman–Crippen LogP) is 8.46. The maximum atomic E-state index is 13.1. The lowest BCUT2D eigenvalue weighted by Gasteiger charge is -2.18. The van der Waals surface area contributed by atoms with Crippen LogP contribution in [0.5, 0.6) is 0 Å². The fourth-order valence-corrected chi connectivity index (χ4v) is 5.79. The van der Waals surface area contributed by atoms with Gasteiger partial charge in [0.25, 0.3) is 0 Å². The van der Waals surface area contributed by atoms with E-state index in [1.165, 1.54) is 0 Å². The van der Waals surface area contributed by atoms with Gasteiger partial charge in [0.2, 0.25) is 0 Å². The molecule has 0 saturated carbocycles. The molecule has 0 amide bonds. The zero-order chi connectivity index (χ0) is 26.3. The molecule has 190 valence electrons. The largest absolute Gasteiger partial charge is 0.462 e. The van der Waals surface area contributed by atoms with Crippen LogP contribution in [0.3, 0.4) is 0 Å². The summed E-state index contributed by atoms with van der Waals surface area (Å²) in [4.78, 5) is 26.1. The lowest BCUT2D eigenvalue weighted by atomic mass is 9.85. The van der Waals surface area contributed by atoms with Crippen molar-refractivity contribution in [3.05, 3.63) is 108 Å². The molecule has 0 spiro atoms. The molecule has 0 N–H and O–H groups in total. The van der Waals surface area contributed by atoms with E-state index in [0.29, 0.717) is 24.3 Å². The number of cyclic esters (lactones) is 2. The highest BCUT2D eigenvalue weighted by molar-refractivity contribution is 6.24. The highest BCUT2D eigenvalue weighted by Gasteiger charge is 2.19. The van der Waals surface area contributed by atoms with Crippen molar-refractivity contribution in [2.75, 3.05) is 13.2 Å². The normalized spacial score (nSPS) is 14.7.